The van der Waals surface area contributed by atoms with E-state index in [0.29, 0.717) is 31.2 Å². The van der Waals surface area contributed by atoms with E-state index in [9.17, 15) is 9.59 Å². The summed E-state index contributed by atoms with van der Waals surface area (Å²) < 4.78 is 11.5. The first kappa shape index (κ1) is 23.9. The Balaban J connectivity index is 1.77. The molecule has 1 aromatic carbocycles. The zero-order valence-corrected chi connectivity index (χ0v) is 20.1. The second-order valence-electron chi connectivity index (χ2n) is 8.07. The van der Waals surface area contributed by atoms with Crippen molar-refractivity contribution in [2.75, 3.05) is 33.4 Å². The van der Waals surface area contributed by atoms with Gasteiger partial charge in [-0.3, -0.25) is 4.79 Å². The Bertz CT molecular complexity index is 914. The van der Waals surface area contributed by atoms with Crippen LogP contribution in [0.4, 0.5) is 4.79 Å². The lowest BCUT2D eigenvalue weighted by Crippen LogP contribution is -2.51. The maximum absolute atomic E-state index is 13.4. The van der Waals surface area contributed by atoms with Gasteiger partial charge in [-0.05, 0) is 55.8 Å². The van der Waals surface area contributed by atoms with Crippen LogP contribution in [-0.4, -0.2) is 61.1 Å². The maximum atomic E-state index is 13.4. The number of para-hydroxylation sites is 2. The van der Waals surface area contributed by atoms with Crippen LogP contribution in [0, 0.1) is 0 Å². The Hall–Kier alpha value is -2.74. The van der Waals surface area contributed by atoms with Gasteiger partial charge in [-0.1, -0.05) is 19.1 Å². The minimum atomic E-state index is -0.213. The van der Waals surface area contributed by atoms with E-state index in [-0.39, 0.29) is 30.6 Å². The second kappa shape index (κ2) is 11.2. The summed E-state index contributed by atoms with van der Waals surface area (Å²) in [5, 5.41) is 4.95. The van der Waals surface area contributed by atoms with Gasteiger partial charge < -0.3 is 24.6 Å². The normalized spacial score (nSPS) is 15.3. The molecule has 0 radical (unpaired) electrons. The lowest BCUT2D eigenvalue weighted by atomic mass is 10.0. The monoisotopic (exact) mass is 459 g/mol. The molecule has 0 fully saturated rings. The summed E-state index contributed by atoms with van der Waals surface area (Å²) in [4.78, 5) is 30.7. The van der Waals surface area contributed by atoms with E-state index in [4.69, 9.17) is 9.47 Å². The van der Waals surface area contributed by atoms with Crippen LogP contribution in [0.5, 0.6) is 11.5 Å². The summed E-state index contributed by atoms with van der Waals surface area (Å²) in [5.41, 5.74) is 1.12. The smallest absolute Gasteiger partial charge is 0.318 e. The van der Waals surface area contributed by atoms with Gasteiger partial charge in [0.25, 0.3) is 0 Å². The number of methoxy groups -OCH3 is 1. The van der Waals surface area contributed by atoms with Crippen LogP contribution in [0.3, 0.4) is 0 Å². The molecule has 0 aliphatic carbocycles. The van der Waals surface area contributed by atoms with Gasteiger partial charge in [0.2, 0.25) is 5.91 Å². The zero-order valence-electron chi connectivity index (χ0n) is 19.3. The quantitative estimate of drug-likeness (QED) is 0.613. The third kappa shape index (κ3) is 5.54. The molecule has 7 nitrogen and oxygen atoms in total. The van der Waals surface area contributed by atoms with Gasteiger partial charge in [0.05, 0.1) is 13.2 Å². The molecule has 2 aromatic rings. The van der Waals surface area contributed by atoms with Crippen LogP contribution in [0.2, 0.25) is 0 Å². The molecular formula is C24H33N3O4S. The molecular weight excluding hydrogens is 426 g/mol. The van der Waals surface area contributed by atoms with Gasteiger partial charge in [0.15, 0.2) is 11.5 Å². The third-order valence-electron chi connectivity index (χ3n) is 5.60. The lowest BCUT2D eigenvalue weighted by molar-refractivity contribution is -0.135. The molecule has 1 N–H and O–H groups in total. The predicted octanol–water partition coefficient (Wildman–Crippen LogP) is 4.09. The highest BCUT2D eigenvalue weighted by Gasteiger charge is 2.34. The molecule has 174 valence electrons. The predicted molar refractivity (Wildman–Crippen MR) is 126 cm³/mol. The molecule has 32 heavy (non-hydrogen) atoms. The fraction of sp³-hybridized carbons (Fsp3) is 0.500. The Morgan fingerprint density at radius 3 is 2.69 bits per heavy atom. The van der Waals surface area contributed by atoms with Crippen molar-refractivity contribution in [1.82, 2.24) is 15.1 Å². The molecule has 1 aliphatic heterocycles. The molecule has 0 saturated carbocycles. The van der Waals surface area contributed by atoms with Crippen LogP contribution < -0.4 is 14.8 Å². The molecule has 1 aliphatic rings. The zero-order chi connectivity index (χ0) is 23.1. The van der Waals surface area contributed by atoms with Gasteiger partial charge in [0, 0.05) is 24.0 Å². The van der Waals surface area contributed by atoms with Crippen molar-refractivity contribution in [1.29, 1.82) is 0 Å². The largest absolute Gasteiger partial charge is 0.493 e. The minimum absolute atomic E-state index is 0.0395. The maximum Gasteiger partial charge on any atom is 0.318 e. The van der Waals surface area contributed by atoms with E-state index in [1.54, 1.807) is 23.3 Å². The molecule has 8 heteroatoms. The van der Waals surface area contributed by atoms with E-state index < -0.39 is 0 Å². The summed E-state index contributed by atoms with van der Waals surface area (Å²) in [5.74, 6) is 1.23. The highest BCUT2D eigenvalue weighted by molar-refractivity contribution is 7.10. The Morgan fingerprint density at radius 1 is 1.25 bits per heavy atom. The number of amides is 3. The number of carbonyl (C=O) groups excluding carboxylic acids is 2. The highest BCUT2D eigenvalue weighted by atomic mass is 32.1. The van der Waals surface area contributed by atoms with Gasteiger partial charge in [-0.2, -0.15) is 0 Å². The van der Waals surface area contributed by atoms with Gasteiger partial charge in [-0.15, -0.1) is 11.3 Å². The number of fused-ring (bicyclic) bond motifs is 1. The van der Waals surface area contributed by atoms with Crippen molar-refractivity contribution in [3.05, 3.63) is 46.2 Å². The van der Waals surface area contributed by atoms with Crippen molar-refractivity contribution in [3.63, 3.8) is 0 Å². The van der Waals surface area contributed by atoms with E-state index in [1.165, 1.54) is 4.88 Å². The second-order valence-corrected chi connectivity index (χ2v) is 9.07. The third-order valence-corrected chi connectivity index (χ3v) is 6.59. The van der Waals surface area contributed by atoms with Crippen LogP contribution >= 0.6 is 11.3 Å². The average Bonchev–Trinajstić information content (AvgIpc) is 3.28. The standard InChI is InChI=1S/C24H33N3O4S/c1-5-12-25-24(29)27(17(2)3)15-23(28)26-13-10-22-18(11-14-32-22)19(26)16-31-21-9-7-6-8-20(21)30-4/h6-9,11,14,17,19H,5,10,12-13,15-16H2,1-4H3,(H,25,29). The number of hydrogen-bond donors (Lipinski definition) is 1. The van der Waals surface area contributed by atoms with Crippen molar-refractivity contribution < 1.29 is 19.1 Å². The number of nitrogens with one attached hydrogen (secondary N) is 1. The topological polar surface area (TPSA) is 71.1 Å². The molecule has 1 unspecified atom stereocenters. The summed E-state index contributed by atoms with van der Waals surface area (Å²) in [6, 6.07) is 9.08. The Labute approximate surface area is 194 Å². The fourth-order valence-electron chi connectivity index (χ4n) is 3.84. The van der Waals surface area contributed by atoms with E-state index in [1.807, 2.05) is 49.9 Å². The lowest BCUT2D eigenvalue weighted by Gasteiger charge is -2.37. The number of urea groups is 1. The Kier molecular flexibility index (Phi) is 8.39. The number of ether oxygens (including phenoxy) is 2. The van der Waals surface area contributed by atoms with E-state index >= 15 is 0 Å². The van der Waals surface area contributed by atoms with Gasteiger partial charge in [-0.25, -0.2) is 4.79 Å². The number of hydrogen-bond acceptors (Lipinski definition) is 5. The first-order valence-electron chi connectivity index (χ1n) is 11.1. The average molecular weight is 460 g/mol. The molecule has 1 atom stereocenters. The number of benzene rings is 1. The van der Waals surface area contributed by atoms with Crippen LogP contribution in [0.1, 0.15) is 43.7 Å². The summed E-state index contributed by atoms with van der Waals surface area (Å²) in [6.45, 7) is 7.41. The van der Waals surface area contributed by atoms with Gasteiger partial charge >= 0.3 is 6.03 Å². The van der Waals surface area contributed by atoms with Crippen molar-refractivity contribution in [2.45, 2.75) is 45.7 Å². The minimum Gasteiger partial charge on any atom is -0.493 e. The van der Waals surface area contributed by atoms with Crippen molar-refractivity contribution in [3.8, 4) is 11.5 Å². The fourth-order valence-corrected chi connectivity index (χ4v) is 4.77. The summed E-state index contributed by atoms with van der Waals surface area (Å²) in [6.07, 6.45) is 1.66. The van der Waals surface area contributed by atoms with Crippen LogP contribution in [0.15, 0.2) is 35.7 Å². The molecule has 2 heterocycles. The number of carbonyl (C=O) groups is 2. The first-order chi connectivity index (χ1) is 15.5. The molecule has 0 saturated heterocycles. The Morgan fingerprint density at radius 2 is 2.00 bits per heavy atom. The van der Waals surface area contributed by atoms with Crippen molar-refractivity contribution in [2.24, 2.45) is 0 Å². The highest BCUT2D eigenvalue weighted by Crippen LogP contribution is 2.35. The van der Waals surface area contributed by atoms with Gasteiger partial charge in [0.1, 0.15) is 13.2 Å². The molecule has 1 aromatic heterocycles. The van der Waals surface area contributed by atoms with E-state index in [0.717, 1.165) is 18.4 Å². The molecule has 3 rings (SSSR count). The molecule has 0 bridgehead atoms. The number of rotatable bonds is 9. The molecule has 0 spiro atoms. The summed E-state index contributed by atoms with van der Waals surface area (Å²) >= 11 is 1.71. The van der Waals surface area contributed by atoms with Crippen LogP contribution in [0.25, 0.3) is 0 Å². The van der Waals surface area contributed by atoms with Crippen molar-refractivity contribution >= 4 is 23.3 Å². The SMILES string of the molecule is CCCNC(=O)N(CC(=O)N1CCc2sccc2C1COc1ccccc1OC)C(C)C. The summed E-state index contributed by atoms with van der Waals surface area (Å²) in [7, 11) is 1.61. The number of nitrogens with zero attached hydrogens (tertiary/aromatic N) is 2. The number of thiophene rings is 1. The molecule has 3 amide bonds. The van der Waals surface area contributed by atoms with E-state index in [2.05, 4.69) is 16.8 Å². The van der Waals surface area contributed by atoms with Crippen LogP contribution in [-0.2, 0) is 11.2 Å². The first-order valence-corrected chi connectivity index (χ1v) is 12.0.